The van der Waals surface area contributed by atoms with E-state index in [0.717, 1.165) is 0 Å². The molecular weight excluding hydrogens is 156 g/mol. The predicted molar refractivity (Wildman–Crippen MR) is 60.4 cm³/mol. The zero-order valence-electron chi connectivity index (χ0n) is 7.90. The van der Waals surface area contributed by atoms with Gasteiger partial charge in [0.25, 0.3) is 0 Å². The van der Waals surface area contributed by atoms with Crippen molar-refractivity contribution < 1.29 is 0 Å². The molecular formula is C13H14. The second-order valence-corrected chi connectivity index (χ2v) is 2.76. The van der Waals surface area contributed by atoms with E-state index in [2.05, 4.69) is 36.9 Å². The Balaban J connectivity index is 2.91. The van der Waals surface area contributed by atoms with Gasteiger partial charge in [-0.1, -0.05) is 55.2 Å². The zero-order chi connectivity index (χ0) is 9.52. The quantitative estimate of drug-likeness (QED) is 0.603. The van der Waals surface area contributed by atoms with Crippen molar-refractivity contribution in [3.63, 3.8) is 0 Å². The third-order valence-corrected chi connectivity index (χ3v) is 1.69. The zero-order valence-corrected chi connectivity index (χ0v) is 7.90. The topological polar surface area (TPSA) is 0 Å². The molecule has 0 nitrogen and oxygen atoms in total. The molecule has 0 unspecified atom stereocenters. The summed E-state index contributed by atoms with van der Waals surface area (Å²) in [5.41, 5.74) is 2.43. The van der Waals surface area contributed by atoms with Gasteiger partial charge in [0.2, 0.25) is 0 Å². The standard InChI is InChI=1S/C13H14/c1-3-5-8-13-10-6-9-12(11-13)7-4-2/h3-11H,1H2,2H3/b7-4+,8-5-. The highest BCUT2D eigenvalue weighted by Gasteiger charge is 1.87. The maximum absolute atomic E-state index is 3.63. The van der Waals surface area contributed by atoms with E-state index in [0.29, 0.717) is 0 Å². The molecule has 0 N–H and O–H groups in total. The van der Waals surface area contributed by atoms with Crippen molar-refractivity contribution in [2.75, 3.05) is 0 Å². The molecule has 0 heterocycles. The van der Waals surface area contributed by atoms with E-state index < -0.39 is 0 Å². The maximum Gasteiger partial charge on any atom is -0.0251 e. The fraction of sp³-hybridized carbons (Fsp3) is 0.0769. The fourth-order valence-corrected chi connectivity index (χ4v) is 1.14. The molecule has 13 heavy (non-hydrogen) atoms. The number of allylic oxidation sites excluding steroid dienone is 3. The third kappa shape index (κ3) is 3.12. The molecule has 0 saturated carbocycles. The summed E-state index contributed by atoms with van der Waals surface area (Å²) in [6, 6.07) is 8.36. The van der Waals surface area contributed by atoms with Crippen LogP contribution in [0.3, 0.4) is 0 Å². The van der Waals surface area contributed by atoms with Gasteiger partial charge in [-0.05, 0) is 24.1 Å². The molecule has 0 saturated heterocycles. The first-order chi connectivity index (χ1) is 6.36. The van der Waals surface area contributed by atoms with Crippen LogP contribution < -0.4 is 0 Å². The monoisotopic (exact) mass is 170 g/mol. The molecule has 0 atom stereocenters. The van der Waals surface area contributed by atoms with Crippen LogP contribution in [0, 0.1) is 0 Å². The Morgan fingerprint density at radius 2 is 1.85 bits per heavy atom. The van der Waals surface area contributed by atoms with E-state index in [4.69, 9.17) is 0 Å². The number of hydrogen-bond donors (Lipinski definition) is 0. The second-order valence-electron chi connectivity index (χ2n) is 2.76. The van der Waals surface area contributed by atoms with E-state index >= 15 is 0 Å². The first-order valence-electron chi connectivity index (χ1n) is 4.38. The second kappa shape index (κ2) is 5.15. The maximum atomic E-state index is 3.63. The predicted octanol–water partition coefficient (Wildman–Crippen LogP) is 3.92. The average Bonchev–Trinajstić information content (AvgIpc) is 2.16. The normalized spacial score (nSPS) is 11.2. The summed E-state index contributed by atoms with van der Waals surface area (Å²) < 4.78 is 0. The molecule has 0 fully saturated rings. The first-order valence-corrected chi connectivity index (χ1v) is 4.38. The molecule has 1 aromatic carbocycles. The lowest BCUT2D eigenvalue weighted by Crippen LogP contribution is -1.74. The average molecular weight is 170 g/mol. The summed E-state index contributed by atoms with van der Waals surface area (Å²) in [4.78, 5) is 0. The Morgan fingerprint density at radius 3 is 2.46 bits per heavy atom. The van der Waals surface area contributed by atoms with Crippen molar-refractivity contribution >= 4 is 12.2 Å². The number of rotatable bonds is 3. The van der Waals surface area contributed by atoms with E-state index in [1.54, 1.807) is 6.08 Å². The molecule has 0 radical (unpaired) electrons. The first kappa shape index (κ1) is 9.53. The molecule has 66 valence electrons. The van der Waals surface area contributed by atoms with Crippen LogP contribution in [-0.4, -0.2) is 0 Å². The Kier molecular flexibility index (Phi) is 3.77. The third-order valence-electron chi connectivity index (χ3n) is 1.69. The van der Waals surface area contributed by atoms with Crippen molar-refractivity contribution in [3.8, 4) is 0 Å². The van der Waals surface area contributed by atoms with Gasteiger partial charge in [0.05, 0.1) is 0 Å². The summed E-state index contributed by atoms with van der Waals surface area (Å²) in [6.07, 6.45) is 9.89. The Bertz CT molecular complexity index is 330. The van der Waals surface area contributed by atoms with Gasteiger partial charge in [-0.2, -0.15) is 0 Å². The van der Waals surface area contributed by atoms with Crippen LogP contribution in [0.25, 0.3) is 12.2 Å². The molecule has 0 heteroatoms. The summed E-state index contributed by atoms with van der Waals surface area (Å²) in [5, 5.41) is 0. The van der Waals surface area contributed by atoms with Crippen molar-refractivity contribution in [2.45, 2.75) is 6.92 Å². The SMILES string of the molecule is C=C/C=C\c1cccc(/C=C/C)c1. The molecule has 1 aromatic rings. The summed E-state index contributed by atoms with van der Waals surface area (Å²) in [6.45, 7) is 5.65. The molecule has 0 aliphatic heterocycles. The van der Waals surface area contributed by atoms with Crippen LogP contribution in [0.2, 0.25) is 0 Å². The van der Waals surface area contributed by atoms with Crippen LogP contribution in [0.5, 0.6) is 0 Å². The number of benzene rings is 1. The minimum atomic E-state index is 1.20. The van der Waals surface area contributed by atoms with Crippen molar-refractivity contribution in [1.29, 1.82) is 0 Å². The molecule has 0 amide bonds. The lowest BCUT2D eigenvalue weighted by molar-refractivity contribution is 1.61. The van der Waals surface area contributed by atoms with E-state index in [1.165, 1.54) is 11.1 Å². The fourth-order valence-electron chi connectivity index (χ4n) is 1.14. The van der Waals surface area contributed by atoms with Crippen LogP contribution in [-0.2, 0) is 0 Å². The largest absolute Gasteiger partial charge is 0.0991 e. The van der Waals surface area contributed by atoms with Gasteiger partial charge in [0.1, 0.15) is 0 Å². The van der Waals surface area contributed by atoms with Crippen LogP contribution in [0.4, 0.5) is 0 Å². The highest BCUT2D eigenvalue weighted by Crippen LogP contribution is 2.08. The highest BCUT2D eigenvalue weighted by molar-refractivity contribution is 5.58. The van der Waals surface area contributed by atoms with Crippen LogP contribution in [0.15, 0.2) is 49.1 Å². The summed E-state index contributed by atoms with van der Waals surface area (Å²) >= 11 is 0. The van der Waals surface area contributed by atoms with E-state index in [1.807, 2.05) is 25.2 Å². The lowest BCUT2D eigenvalue weighted by Gasteiger charge is -1.95. The lowest BCUT2D eigenvalue weighted by atomic mass is 10.1. The van der Waals surface area contributed by atoms with Gasteiger partial charge >= 0.3 is 0 Å². The molecule has 0 aliphatic rings. The molecule has 0 spiro atoms. The Hall–Kier alpha value is -1.56. The van der Waals surface area contributed by atoms with Gasteiger partial charge in [0, 0.05) is 0 Å². The Labute approximate surface area is 79.9 Å². The van der Waals surface area contributed by atoms with Gasteiger partial charge in [-0.3, -0.25) is 0 Å². The van der Waals surface area contributed by atoms with Gasteiger partial charge < -0.3 is 0 Å². The minimum Gasteiger partial charge on any atom is -0.0991 e. The molecule has 0 bridgehead atoms. The summed E-state index contributed by atoms with van der Waals surface area (Å²) in [7, 11) is 0. The van der Waals surface area contributed by atoms with Crippen molar-refractivity contribution in [2.24, 2.45) is 0 Å². The number of hydrogen-bond acceptors (Lipinski definition) is 0. The molecule has 0 aromatic heterocycles. The smallest absolute Gasteiger partial charge is 0.0251 e. The summed E-state index contributed by atoms with van der Waals surface area (Å²) in [5.74, 6) is 0. The van der Waals surface area contributed by atoms with Gasteiger partial charge in [-0.25, -0.2) is 0 Å². The molecule has 0 aliphatic carbocycles. The van der Waals surface area contributed by atoms with Crippen molar-refractivity contribution in [3.05, 3.63) is 60.2 Å². The van der Waals surface area contributed by atoms with E-state index in [-0.39, 0.29) is 0 Å². The highest BCUT2D eigenvalue weighted by atomic mass is 13.9. The Morgan fingerprint density at radius 1 is 1.15 bits per heavy atom. The van der Waals surface area contributed by atoms with E-state index in [9.17, 15) is 0 Å². The van der Waals surface area contributed by atoms with Gasteiger partial charge in [-0.15, -0.1) is 0 Å². The molecule has 1 rings (SSSR count). The van der Waals surface area contributed by atoms with Crippen molar-refractivity contribution in [1.82, 2.24) is 0 Å². The van der Waals surface area contributed by atoms with Crippen LogP contribution >= 0.6 is 0 Å². The minimum absolute atomic E-state index is 1.20. The van der Waals surface area contributed by atoms with Gasteiger partial charge in [0.15, 0.2) is 0 Å². The van der Waals surface area contributed by atoms with Crippen LogP contribution in [0.1, 0.15) is 18.1 Å².